The largest absolute Gasteiger partial charge is 0.433 e. The average molecular weight is 405 g/mol. The summed E-state index contributed by atoms with van der Waals surface area (Å²) in [6, 6.07) is 4.06. The van der Waals surface area contributed by atoms with Gasteiger partial charge < -0.3 is 15.5 Å². The van der Waals surface area contributed by atoms with Crippen molar-refractivity contribution < 1.29 is 18.0 Å². The minimum atomic E-state index is -4.51. The van der Waals surface area contributed by atoms with Crippen LogP contribution in [0.5, 0.6) is 0 Å². The summed E-state index contributed by atoms with van der Waals surface area (Å²) >= 11 is 0. The summed E-state index contributed by atoms with van der Waals surface area (Å²) in [4.78, 5) is 24.1. The van der Waals surface area contributed by atoms with Gasteiger partial charge in [0.15, 0.2) is 0 Å². The molecule has 3 rings (SSSR count). The van der Waals surface area contributed by atoms with Crippen molar-refractivity contribution in [3.05, 3.63) is 41.2 Å². The molecule has 1 aliphatic heterocycles. The van der Waals surface area contributed by atoms with Crippen molar-refractivity contribution in [3.8, 4) is 11.1 Å². The summed E-state index contributed by atoms with van der Waals surface area (Å²) in [7, 11) is 5.74. The summed E-state index contributed by atoms with van der Waals surface area (Å²) in [5.74, 6) is -0.560. The molecule has 2 heterocycles. The average Bonchev–Trinajstić information content (AvgIpc) is 3.13. The highest BCUT2D eigenvalue weighted by atomic mass is 19.4. The van der Waals surface area contributed by atoms with Crippen molar-refractivity contribution >= 4 is 23.5 Å². The maximum Gasteiger partial charge on any atom is 0.433 e. The third kappa shape index (κ3) is 4.24. The van der Waals surface area contributed by atoms with E-state index in [4.69, 9.17) is 5.73 Å². The van der Waals surface area contributed by atoms with Gasteiger partial charge in [-0.15, -0.1) is 0 Å². The maximum absolute atomic E-state index is 12.9. The molecule has 0 atom stereocenters. The molecule has 154 valence electrons. The van der Waals surface area contributed by atoms with E-state index in [9.17, 15) is 18.0 Å². The molecular weight excluding hydrogens is 383 g/mol. The minimum absolute atomic E-state index is 0.391. The predicted molar refractivity (Wildman–Crippen MR) is 107 cm³/mol. The van der Waals surface area contributed by atoms with Gasteiger partial charge in [-0.25, -0.2) is 0 Å². The van der Waals surface area contributed by atoms with Crippen LogP contribution < -0.4 is 10.6 Å². The number of alkyl halides is 3. The van der Waals surface area contributed by atoms with Crippen LogP contribution >= 0.6 is 0 Å². The van der Waals surface area contributed by atoms with Crippen molar-refractivity contribution in [2.75, 3.05) is 39.1 Å². The van der Waals surface area contributed by atoms with E-state index in [-0.39, 0.29) is 0 Å². The van der Waals surface area contributed by atoms with Crippen LogP contribution in [0.2, 0.25) is 0 Å². The van der Waals surface area contributed by atoms with Crippen LogP contribution in [0.1, 0.15) is 21.6 Å². The molecule has 6 nitrogen and oxygen atoms in total. The van der Waals surface area contributed by atoms with Crippen molar-refractivity contribution in [2.45, 2.75) is 12.6 Å². The number of amides is 1. The molecule has 9 heteroatoms. The number of fused-ring (bicyclic) bond motifs is 1. The molecule has 0 spiro atoms. The van der Waals surface area contributed by atoms with E-state index in [1.54, 1.807) is 12.3 Å². The summed E-state index contributed by atoms with van der Waals surface area (Å²) in [6.07, 6.45) is -1.22. The Kier molecular flexibility index (Phi) is 5.61. The quantitative estimate of drug-likeness (QED) is 0.801. The molecule has 2 aromatic rings. The Balaban J connectivity index is 2.13. The molecule has 1 amide bonds. The number of hydrogen-bond donors (Lipinski definition) is 1. The Morgan fingerprint density at radius 2 is 1.93 bits per heavy atom. The van der Waals surface area contributed by atoms with Crippen LogP contribution in [0.3, 0.4) is 0 Å². The van der Waals surface area contributed by atoms with Crippen molar-refractivity contribution in [3.63, 3.8) is 0 Å². The number of benzene rings is 1. The van der Waals surface area contributed by atoms with E-state index in [1.165, 1.54) is 12.3 Å². The van der Waals surface area contributed by atoms with Gasteiger partial charge in [0.05, 0.1) is 16.9 Å². The number of carbonyl (C=O) groups is 1. The number of aliphatic imine (C=N–C) groups is 1. The Labute approximate surface area is 166 Å². The van der Waals surface area contributed by atoms with Gasteiger partial charge >= 0.3 is 6.18 Å². The van der Waals surface area contributed by atoms with Gasteiger partial charge in [0.2, 0.25) is 0 Å². The molecule has 0 unspecified atom stereocenters. The van der Waals surface area contributed by atoms with Gasteiger partial charge in [0.25, 0.3) is 5.91 Å². The Hall–Kier alpha value is -2.94. The van der Waals surface area contributed by atoms with Crippen molar-refractivity contribution in [2.24, 2.45) is 10.7 Å². The second kappa shape index (κ2) is 7.82. The fourth-order valence-corrected chi connectivity index (χ4v) is 3.27. The zero-order valence-corrected chi connectivity index (χ0v) is 16.4. The fraction of sp³-hybridized carbons (Fsp3) is 0.350. The standard InChI is InChI=1S/C20H22F3N5O/c1-27(2)8-9-28(3)15-10-14(12-4-5-16(26-11-12)20(21,22)23)18-13(6-7-25-18)17(15)19(24)29/h4-5,7,10-11H,6,8-9H2,1-3H3,(H2,24,29). The van der Waals surface area contributed by atoms with E-state index in [0.717, 1.165) is 12.6 Å². The van der Waals surface area contributed by atoms with Gasteiger partial charge in [0, 0.05) is 50.1 Å². The van der Waals surface area contributed by atoms with Gasteiger partial charge in [-0.1, -0.05) is 6.07 Å². The number of pyridine rings is 1. The molecule has 0 saturated heterocycles. The third-order valence-corrected chi connectivity index (χ3v) is 4.80. The Morgan fingerprint density at radius 3 is 2.48 bits per heavy atom. The lowest BCUT2D eigenvalue weighted by Crippen LogP contribution is -2.30. The van der Waals surface area contributed by atoms with Gasteiger partial charge in [-0.3, -0.25) is 14.8 Å². The number of rotatable bonds is 6. The minimum Gasteiger partial charge on any atom is -0.373 e. The first kappa shape index (κ1) is 20.8. The first-order chi connectivity index (χ1) is 13.6. The van der Waals surface area contributed by atoms with Crippen LogP contribution in [-0.4, -0.2) is 56.2 Å². The second-order valence-corrected chi connectivity index (χ2v) is 7.18. The lowest BCUT2D eigenvalue weighted by Gasteiger charge is -2.26. The molecule has 0 saturated carbocycles. The summed E-state index contributed by atoms with van der Waals surface area (Å²) in [5, 5.41) is 0. The third-order valence-electron chi connectivity index (χ3n) is 4.80. The molecule has 1 aliphatic rings. The van der Waals surface area contributed by atoms with Crippen LogP contribution in [0.4, 0.5) is 24.5 Å². The fourth-order valence-electron chi connectivity index (χ4n) is 3.27. The van der Waals surface area contributed by atoms with E-state index < -0.39 is 17.8 Å². The highest BCUT2D eigenvalue weighted by molar-refractivity contribution is 6.06. The number of primary amides is 1. The van der Waals surface area contributed by atoms with Gasteiger partial charge in [-0.2, -0.15) is 13.2 Å². The zero-order valence-electron chi connectivity index (χ0n) is 16.4. The number of hydrogen-bond acceptors (Lipinski definition) is 5. The molecular formula is C20H22F3N5O. The lowest BCUT2D eigenvalue weighted by atomic mass is 9.94. The molecule has 0 aliphatic carbocycles. The highest BCUT2D eigenvalue weighted by Gasteiger charge is 2.32. The van der Waals surface area contributed by atoms with Crippen molar-refractivity contribution in [1.82, 2.24) is 9.88 Å². The maximum atomic E-state index is 12.9. The van der Waals surface area contributed by atoms with Crippen LogP contribution in [-0.2, 0) is 12.6 Å². The number of likely N-dealkylation sites (N-methyl/N-ethyl adjacent to an activating group) is 2. The number of carbonyl (C=O) groups excluding carboxylic acids is 1. The normalized spacial score (nSPS) is 13.1. The monoisotopic (exact) mass is 405 g/mol. The smallest absolute Gasteiger partial charge is 0.373 e. The SMILES string of the molecule is CN(C)CCN(C)c1cc(-c2ccc(C(F)(F)F)nc2)c2c(c1C(N)=O)CC=N2. The molecule has 29 heavy (non-hydrogen) atoms. The van der Waals surface area contributed by atoms with Crippen LogP contribution in [0.25, 0.3) is 11.1 Å². The molecule has 2 N–H and O–H groups in total. The van der Waals surface area contributed by atoms with Crippen molar-refractivity contribution in [1.29, 1.82) is 0 Å². The van der Waals surface area contributed by atoms with Gasteiger partial charge in [-0.05, 0) is 31.8 Å². The number of halogens is 3. The Morgan fingerprint density at radius 1 is 1.21 bits per heavy atom. The summed E-state index contributed by atoms with van der Waals surface area (Å²) < 4.78 is 38.6. The second-order valence-electron chi connectivity index (χ2n) is 7.18. The first-order valence-electron chi connectivity index (χ1n) is 9.01. The van der Waals surface area contributed by atoms with Gasteiger partial charge in [0.1, 0.15) is 5.69 Å². The first-order valence-corrected chi connectivity index (χ1v) is 9.01. The lowest BCUT2D eigenvalue weighted by molar-refractivity contribution is -0.141. The van der Waals surface area contributed by atoms with Crippen LogP contribution in [0, 0.1) is 0 Å². The molecule has 0 bridgehead atoms. The summed E-state index contributed by atoms with van der Waals surface area (Å²) in [5.41, 5.74) is 8.06. The van der Waals surface area contributed by atoms with E-state index in [1.807, 2.05) is 30.9 Å². The topological polar surface area (TPSA) is 74.8 Å². The Bertz CT molecular complexity index is 952. The molecule has 0 radical (unpaired) electrons. The highest BCUT2D eigenvalue weighted by Crippen LogP contribution is 2.43. The van der Waals surface area contributed by atoms with Crippen LogP contribution in [0.15, 0.2) is 29.4 Å². The number of aromatic nitrogens is 1. The molecule has 0 fully saturated rings. The number of nitrogens with two attached hydrogens (primary N) is 1. The zero-order chi connectivity index (χ0) is 21.3. The molecule has 1 aromatic heterocycles. The van der Waals surface area contributed by atoms with E-state index in [0.29, 0.717) is 46.6 Å². The number of anilines is 1. The van der Waals surface area contributed by atoms with E-state index in [2.05, 4.69) is 9.98 Å². The van der Waals surface area contributed by atoms with E-state index >= 15 is 0 Å². The summed E-state index contributed by atoms with van der Waals surface area (Å²) in [6.45, 7) is 1.39. The molecule has 1 aromatic carbocycles. The predicted octanol–water partition coefficient (Wildman–Crippen LogP) is 3.12. The number of nitrogens with zero attached hydrogens (tertiary/aromatic N) is 4.